The highest BCUT2D eigenvalue weighted by molar-refractivity contribution is 9.11. The maximum Gasteiger partial charge on any atom is 0.238 e. The van der Waals surface area contributed by atoms with Crippen LogP contribution in [0.15, 0.2) is 21.1 Å². The van der Waals surface area contributed by atoms with E-state index in [4.69, 9.17) is 0 Å². The van der Waals surface area contributed by atoms with Crippen molar-refractivity contribution < 1.29 is 9.90 Å². The summed E-state index contributed by atoms with van der Waals surface area (Å²) in [6.07, 6.45) is 0. The summed E-state index contributed by atoms with van der Waals surface area (Å²) >= 11 is 6.89. The molecule has 6 heteroatoms. The number of nitrogens with one attached hydrogen (secondary N) is 1. The molecule has 104 valence electrons. The van der Waals surface area contributed by atoms with Crippen LogP contribution in [0.3, 0.4) is 0 Å². The topological polar surface area (TPSA) is 52.6 Å². The van der Waals surface area contributed by atoms with Crippen LogP contribution in [-0.2, 0) is 4.79 Å². The Labute approximate surface area is 129 Å². The van der Waals surface area contributed by atoms with E-state index in [0.717, 1.165) is 20.2 Å². The number of β-amino-alcohol motifs (C(OH)–C–C–N with tert-alkyl or cyclic N) is 1. The summed E-state index contributed by atoms with van der Waals surface area (Å²) < 4.78 is 1.70. The van der Waals surface area contributed by atoms with E-state index in [1.165, 1.54) is 0 Å². The van der Waals surface area contributed by atoms with Crippen molar-refractivity contribution in [1.82, 2.24) is 4.90 Å². The van der Waals surface area contributed by atoms with E-state index in [1.54, 1.807) is 6.92 Å². The molecule has 1 aliphatic rings. The number of aliphatic hydroxyl groups is 1. The highest BCUT2D eigenvalue weighted by Gasteiger charge is 2.37. The number of carbonyl (C=O) groups excluding carboxylic acids is 1. The number of nitrogens with zero attached hydrogens (tertiary/aromatic N) is 1. The molecule has 0 spiro atoms. The van der Waals surface area contributed by atoms with Crippen LogP contribution in [0.5, 0.6) is 0 Å². The molecular formula is C13H16Br2N2O2. The molecule has 1 amide bonds. The zero-order chi connectivity index (χ0) is 14.2. The highest BCUT2D eigenvalue weighted by atomic mass is 79.9. The third-order valence-electron chi connectivity index (χ3n) is 2.95. The van der Waals surface area contributed by atoms with E-state index in [-0.39, 0.29) is 5.91 Å². The minimum Gasteiger partial charge on any atom is -0.388 e. The first-order valence-electron chi connectivity index (χ1n) is 5.97. The molecule has 2 rings (SSSR count). The van der Waals surface area contributed by atoms with Gasteiger partial charge in [0.2, 0.25) is 5.91 Å². The molecule has 1 aromatic carbocycles. The first kappa shape index (κ1) is 15.0. The van der Waals surface area contributed by atoms with Crippen LogP contribution in [0, 0.1) is 6.92 Å². The van der Waals surface area contributed by atoms with Gasteiger partial charge in [-0.3, -0.25) is 9.69 Å². The first-order valence-corrected chi connectivity index (χ1v) is 7.56. The van der Waals surface area contributed by atoms with Gasteiger partial charge in [-0.2, -0.15) is 0 Å². The van der Waals surface area contributed by atoms with Gasteiger partial charge in [-0.1, -0.05) is 0 Å². The monoisotopic (exact) mass is 390 g/mol. The zero-order valence-electron chi connectivity index (χ0n) is 10.8. The number of aryl methyl sites for hydroxylation is 1. The molecule has 0 radical (unpaired) electrons. The van der Waals surface area contributed by atoms with E-state index in [9.17, 15) is 9.90 Å². The van der Waals surface area contributed by atoms with E-state index in [2.05, 4.69) is 37.2 Å². The molecule has 0 aromatic heterocycles. The predicted molar refractivity (Wildman–Crippen MR) is 82.3 cm³/mol. The Balaban J connectivity index is 1.96. The number of rotatable bonds is 3. The third kappa shape index (κ3) is 3.78. The fourth-order valence-electron chi connectivity index (χ4n) is 2.23. The lowest BCUT2D eigenvalue weighted by atomic mass is 9.97. The van der Waals surface area contributed by atoms with Crippen molar-refractivity contribution >= 4 is 43.5 Å². The SMILES string of the molecule is Cc1cc(Br)c(NC(=O)CN2CC(C)(O)C2)c(Br)c1. The van der Waals surface area contributed by atoms with E-state index < -0.39 is 5.60 Å². The molecule has 4 nitrogen and oxygen atoms in total. The van der Waals surface area contributed by atoms with Crippen LogP contribution >= 0.6 is 31.9 Å². The highest BCUT2D eigenvalue weighted by Crippen LogP contribution is 2.32. The summed E-state index contributed by atoms with van der Waals surface area (Å²) in [5, 5.41) is 12.5. The van der Waals surface area contributed by atoms with Gasteiger partial charge in [0.05, 0.1) is 17.8 Å². The fourth-order valence-corrected chi connectivity index (χ4v) is 3.84. The van der Waals surface area contributed by atoms with Gasteiger partial charge in [0.25, 0.3) is 0 Å². The summed E-state index contributed by atoms with van der Waals surface area (Å²) in [5.41, 5.74) is 1.20. The molecule has 1 aromatic rings. The summed E-state index contributed by atoms with van der Waals surface area (Å²) in [6.45, 7) is 5.13. The van der Waals surface area contributed by atoms with Crippen molar-refractivity contribution in [2.75, 3.05) is 25.0 Å². The smallest absolute Gasteiger partial charge is 0.238 e. The van der Waals surface area contributed by atoms with Gasteiger partial charge >= 0.3 is 0 Å². The second kappa shape index (κ2) is 5.52. The van der Waals surface area contributed by atoms with Crippen LogP contribution in [0.4, 0.5) is 5.69 Å². The average Bonchev–Trinajstić information content (AvgIpc) is 2.20. The van der Waals surface area contributed by atoms with E-state index in [0.29, 0.717) is 19.6 Å². The Morgan fingerprint density at radius 3 is 2.42 bits per heavy atom. The van der Waals surface area contributed by atoms with E-state index in [1.807, 2.05) is 24.0 Å². The molecule has 0 unspecified atom stereocenters. The normalized spacial score (nSPS) is 17.9. The number of hydrogen-bond acceptors (Lipinski definition) is 3. The fraction of sp³-hybridized carbons (Fsp3) is 0.462. The summed E-state index contributed by atoms with van der Waals surface area (Å²) in [4.78, 5) is 13.8. The number of carbonyl (C=O) groups is 1. The molecule has 0 atom stereocenters. The Morgan fingerprint density at radius 1 is 1.42 bits per heavy atom. The summed E-state index contributed by atoms with van der Waals surface area (Å²) in [7, 11) is 0. The third-order valence-corrected chi connectivity index (χ3v) is 4.20. The second-order valence-corrected chi connectivity index (χ2v) is 7.00. The largest absolute Gasteiger partial charge is 0.388 e. The minimum absolute atomic E-state index is 0.0826. The lowest BCUT2D eigenvalue weighted by Gasteiger charge is -2.43. The molecule has 1 heterocycles. The quantitative estimate of drug-likeness (QED) is 0.832. The Bertz CT molecular complexity index is 486. The van der Waals surface area contributed by atoms with Gasteiger partial charge in [0.15, 0.2) is 0 Å². The molecule has 2 N–H and O–H groups in total. The van der Waals surface area contributed by atoms with Gasteiger partial charge in [-0.25, -0.2) is 0 Å². The lowest BCUT2D eigenvalue weighted by Crippen LogP contribution is -2.61. The Kier molecular flexibility index (Phi) is 4.35. The maximum atomic E-state index is 11.9. The molecule has 19 heavy (non-hydrogen) atoms. The van der Waals surface area contributed by atoms with Crippen molar-refractivity contribution in [3.05, 3.63) is 26.6 Å². The average molecular weight is 392 g/mol. The van der Waals surface area contributed by atoms with Gasteiger partial charge in [-0.05, 0) is 63.4 Å². The molecule has 1 aliphatic heterocycles. The van der Waals surface area contributed by atoms with Crippen LogP contribution in [0.1, 0.15) is 12.5 Å². The molecule has 0 aliphatic carbocycles. The number of hydrogen-bond donors (Lipinski definition) is 2. The number of benzene rings is 1. The number of anilines is 1. The number of halogens is 2. The summed E-state index contributed by atoms with van der Waals surface area (Å²) in [5.74, 6) is -0.0826. The Hall–Kier alpha value is -0.430. The maximum absolute atomic E-state index is 11.9. The lowest BCUT2D eigenvalue weighted by molar-refractivity contribution is -0.125. The molecule has 0 bridgehead atoms. The van der Waals surface area contributed by atoms with Gasteiger partial charge in [-0.15, -0.1) is 0 Å². The standard InChI is InChI=1S/C13H16Br2N2O2/c1-8-3-9(14)12(10(15)4-8)16-11(18)5-17-6-13(2,19)7-17/h3-4,19H,5-7H2,1-2H3,(H,16,18). The minimum atomic E-state index is -0.648. The predicted octanol–water partition coefficient (Wildman–Crippen LogP) is 2.53. The van der Waals surface area contributed by atoms with Gasteiger partial charge in [0, 0.05) is 22.0 Å². The molecular weight excluding hydrogens is 376 g/mol. The summed E-state index contributed by atoms with van der Waals surface area (Å²) in [6, 6.07) is 3.91. The van der Waals surface area contributed by atoms with Crippen LogP contribution in [0.2, 0.25) is 0 Å². The van der Waals surface area contributed by atoms with Gasteiger partial charge in [0.1, 0.15) is 0 Å². The van der Waals surface area contributed by atoms with Crippen molar-refractivity contribution in [1.29, 1.82) is 0 Å². The molecule has 1 saturated heterocycles. The van der Waals surface area contributed by atoms with Crippen LogP contribution in [0.25, 0.3) is 0 Å². The van der Waals surface area contributed by atoms with Crippen molar-refractivity contribution in [3.63, 3.8) is 0 Å². The van der Waals surface area contributed by atoms with Crippen molar-refractivity contribution in [2.24, 2.45) is 0 Å². The zero-order valence-corrected chi connectivity index (χ0v) is 14.0. The van der Waals surface area contributed by atoms with E-state index >= 15 is 0 Å². The van der Waals surface area contributed by atoms with Crippen molar-refractivity contribution in [3.8, 4) is 0 Å². The van der Waals surface area contributed by atoms with Gasteiger partial charge < -0.3 is 10.4 Å². The number of likely N-dealkylation sites (tertiary alicyclic amines) is 1. The molecule has 1 fully saturated rings. The Morgan fingerprint density at radius 2 is 1.95 bits per heavy atom. The van der Waals surface area contributed by atoms with Crippen molar-refractivity contribution in [2.45, 2.75) is 19.4 Å². The van der Waals surface area contributed by atoms with Crippen LogP contribution in [-0.4, -0.2) is 41.1 Å². The second-order valence-electron chi connectivity index (χ2n) is 5.29. The number of amides is 1. The molecule has 0 saturated carbocycles. The van der Waals surface area contributed by atoms with Crippen LogP contribution < -0.4 is 5.32 Å². The first-order chi connectivity index (χ1) is 8.77.